The van der Waals surface area contributed by atoms with Crippen molar-refractivity contribution in [1.82, 2.24) is 4.90 Å². The molecule has 0 saturated carbocycles. The van der Waals surface area contributed by atoms with Gasteiger partial charge in [-0.25, -0.2) is 4.79 Å². The molecule has 0 bridgehead atoms. The van der Waals surface area contributed by atoms with Crippen molar-refractivity contribution in [2.24, 2.45) is 0 Å². The van der Waals surface area contributed by atoms with Gasteiger partial charge in [-0.3, -0.25) is 4.79 Å². The van der Waals surface area contributed by atoms with Crippen LogP contribution in [0.1, 0.15) is 31.4 Å². The molecule has 0 aliphatic heterocycles. The molecule has 0 saturated heterocycles. The fourth-order valence-corrected chi connectivity index (χ4v) is 1.75. The zero-order valence-electron chi connectivity index (χ0n) is 11.7. The predicted octanol–water partition coefficient (Wildman–Crippen LogP) is 2.11. The van der Waals surface area contributed by atoms with Crippen LogP contribution in [0.25, 0.3) is 0 Å². The Bertz CT molecular complexity index is 439. The highest BCUT2D eigenvalue weighted by molar-refractivity contribution is 5.83. The van der Waals surface area contributed by atoms with E-state index < -0.39 is 12.0 Å². The minimum atomic E-state index is -0.983. The number of likely N-dealkylation sites (N-methyl/N-ethyl adjacent to an activating group) is 1. The smallest absolute Gasteiger partial charge is 0.326 e. The molecular formula is C15H21NO3. The Hall–Kier alpha value is -1.84. The van der Waals surface area contributed by atoms with Crippen LogP contribution in [0, 0.1) is 0 Å². The van der Waals surface area contributed by atoms with E-state index in [2.05, 4.69) is 19.1 Å². The molecule has 0 aliphatic carbocycles. The molecule has 1 rings (SSSR count). The van der Waals surface area contributed by atoms with Crippen LogP contribution in [0.2, 0.25) is 0 Å². The minimum absolute atomic E-state index is 0.144. The molecule has 1 N–H and O–H groups in total. The third-order valence-corrected chi connectivity index (χ3v) is 3.39. The first-order chi connectivity index (χ1) is 8.95. The Labute approximate surface area is 114 Å². The number of amides is 1. The zero-order chi connectivity index (χ0) is 14.4. The van der Waals surface area contributed by atoms with E-state index in [1.165, 1.54) is 24.4 Å². The summed E-state index contributed by atoms with van der Waals surface area (Å²) in [6, 6.07) is 7.38. The lowest BCUT2D eigenvalue weighted by Gasteiger charge is -2.21. The number of carbonyl (C=O) groups excluding carboxylic acids is 1. The summed E-state index contributed by atoms with van der Waals surface area (Å²) in [7, 11) is 1.53. The van der Waals surface area contributed by atoms with Gasteiger partial charge in [-0.05, 0) is 30.9 Å². The summed E-state index contributed by atoms with van der Waals surface area (Å²) in [6.45, 7) is 3.61. The first kappa shape index (κ1) is 15.2. The van der Waals surface area contributed by atoms with E-state index in [-0.39, 0.29) is 5.91 Å². The van der Waals surface area contributed by atoms with Crippen molar-refractivity contribution < 1.29 is 14.7 Å². The van der Waals surface area contributed by atoms with Crippen LogP contribution in [0.4, 0.5) is 0 Å². The summed E-state index contributed by atoms with van der Waals surface area (Å²) in [5.74, 6) is -1.13. The molecule has 1 aromatic carbocycles. The van der Waals surface area contributed by atoms with Crippen molar-refractivity contribution in [2.45, 2.75) is 39.2 Å². The largest absolute Gasteiger partial charge is 0.480 e. The lowest BCUT2D eigenvalue weighted by molar-refractivity contribution is -0.148. The van der Waals surface area contributed by atoms with Gasteiger partial charge in [0.05, 0.1) is 0 Å². The van der Waals surface area contributed by atoms with Crippen molar-refractivity contribution in [1.29, 1.82) is 0 Å². The summed E-state index contributed by atoms with van der Waals surface area (Å²) < 4.78 is 0. The number of carboxylic acids is 1. The Kier molecular flexibility index (Phi) is 5.55. The molecule has 19 heavy (non-hydrogen) atoms. The van der Waals surface area contributed by atoms with Crippen LogP contribution >= 0.6 is 0 Å². The van der Waals surface area contributed by atoms with Crippen LogP contribution in [0.5, 0.6) is 0 Å². The highest BCUT2D eigenvalue weighted by Gasteiger charge is 2.20. The second kappa shape index (κ2) is 6.92. The van der Waals surface area contributed by atoms with Gasteiger partial charge in [-0.1, -0.05) is 31.2 Å². The second-order valence-electron chi connectivity index (χ2n) is 4.69. The highest BCUT2D eigenvalue weighted by Crippen LogP contribution is 2.09. The molecule has 0 aromatic heterocycles. The molecule has 1 atom stereocenters. The van der Waals surface area contributed by atoms with Crippen molar-refractivity contribution in [2.75, 3.05) is 7.05 Å². The van der Waals surface area contributed by atoms with Gasteiger partial charge >= 0.3 is 5.97 Å². The predicted molar refractivity (Wildman–Crippen MR) is 74.0 cm³/mol. The molecule has 1 aromatic rings. The monoisotopic (exact) mass is 263 g/mol. The number of rotatable bonds is 6. The van der Waals surface area contributed by atoms with E-state index in [1.807, 2.05) is 12.1 Å². The van der Waals surface area contributed by atoms with Crippen LogP contribution < -0.4 is 0 Å². The standard InChI is InChI=1S/C15H21NO3/c1-4-12-5-7-13(8-6-12)9-10-14(17)16(3)11(2)15(18)19/h5-8,11H,4,9-10H2,1-3H3,(H,18,19). The van der Waals surface area contributed by atoms with E-state index in [0.29, 0.717) is 12.8 Å². The first-order valence-electron chi connectivity index (χ1n) is 6.52. The molecular weight excluding hydrogens is 242 g/mol. The van der Waals surface area contributed by atoms with Gasteiger partial charge in [-0.2, -0.15) is 0 Å². The second-order valence-corrected chi connectivity index (χ2v) is 4.69. The third-order valence-electron chi connectivity index (χ3n) is 3.39. The maximum atomic E-state index is 11.8. The van der Waals surface area contributed by atoms with Gasteiger partial charge in [0.1, 0.15) is 6.04 Å². The molecule has 1 amide bonds. The average molecular weight is 263 g/mol. The van der Waals surface area contributed by atoms with E-state index in [0.717, 1.165) is 12.0 Å². The Morgan fingerprint density at radius 3 is 2.21 bits per heavy atom. The zero-order valence-corrected chi connectivity index (χ0v) is 11.7. The molecule has 0 heterocycles. The SMILES string of the molecule is CCc1ccc(CCC(=O)N(C)C(C)C(=O)O)cc1. The summed E-state index contributed by atoms with van der Waals surface area (Å²) in [5.41, 5.74) is 2.37. The van der Waals surface area contributed by atoms with Gasteiger partial charge in [0.15, 0.2) is 0 Å². The van der Waals surface area contributed by atoms with E-state index in [1.54, 1.807) is 0 Å². The van der Waals surface area contributed by atoms with Crippen LogP contribution in [0.3, 0.4) is 0 Å². The topological polar surface area (TPSA) is 57.6 Å². The van der Waals surface area contributed by atoms with E-state index in [4.69, 9.17) is 5.11 Å². The van der Waals surface area contributed by atoms with Gasteiger partial charge in [0.2, 0.25) is 5.91 Å². The number of aliphatic carboxylic acids is 1. The van der Waals surface area contributed by atoms with Gasteiger partial charge in [0.25, 0.3) is 0 Å². The van der Waals surface area contributed by atoms with Crippen LogP contribution in [-0.2, 0) is 22.4 Å². The summed E-state index contributed by atoms with van der Waals surface area (Å²) >= 11 is 0. The first-order valence-corrected chi connectivity index (χ1v) is 6.52. The van der Waals surface area contributed by atoms with Gasteiger partial charge in [0, 0.05) is 13.5 Å². The van der Waals surface area contributed by atoms with Crippen molar-refractivity contribution in [3.8, 4) is 0 Å². The van der Waals surface area contributed by atoms with Crippen LogP contribution in [0.15, 0.2) is 24.3 Å². The molecule has 104 valence electrons. The number of benzene rings is 1. The van der Waals surface area contributed by atoms with Crippen molar-refractivity contribution in [3.05, 3.63) is 35.4 Å². The molecule has 0 aliphatic rings. The van der Waals surface area contributed by atoms with Crippen molar-refractivity contribution in [3.63, 3.8) is 0 Å². The Balaban J connectivity index is 2.51. The summed E-state index contributed by atoms with van der Waals surface area (Å²) in [5, 5.41) is 8.85. The molecule has 4 heteroatoms. The van der Waals surface area contributed by atoms with Gasteiger partial charge in [-0.15, -0.1) is 0 Å². The van der Waals surface area contributed by atoms with Crippen molar-refractivity contribution >= 4 is 11.9 Å². The van der Waals surface area contributed by atoms with Crippen LogP contribution in [-0.4, -0.2) is 35.0 Å². The normalized spacial score (nSPS) is 11.9. The Morgan fingerprint density at radius 1 is 1.21 bits per heavy atom. The fourth-order valence-electron chi connectivity index (χ4n) is 1.75. The third kappa shape index (κ3) is 4.39. The Morgan fingerprint density at radius 2 is 1.74 bits per heavy atom. The molecule has 0 radical (unpaired) electrons. The lowest BCUT2D eigenvalue weighted by atomic mass is 10.1. The number of carboxylic acid groups (broad SMARTS) is 1. The maximum absolute atomic E-state index is 11.8. The summed E-state index contributed by atoms with van der Waals surface area (Å²) in [4.78, 5) is 23.9. The van der Waals surface area contributed by atoms with E-state index >= 15 is 0 Å². The average Bonchev–Trinajstić information content (AvgIpc) is 2.43. The summed E-state index contributed by atoms with van der Waals surface area (Å²) in [6.07, 6.45) is 1.97. The maximum Gasteiger partial charge on any atom is 0.326 e. The lowest BCUT2D eigenvalue weighted by Crippen LogP contribution is -2.40. The number of hydrogen-bond donors (Lipinski definition) is 1. The molecule has 1 unspecified atom stereocenters. The number of hydrogen-bond acceptors (Lipinski definition) is 2. The molecule has 0 fully saturated rings. The molecule has 0 spiro atoms. The minimum Gasteiger partial charge on any atom is -0.480 e. The quantitative estimate of drug-likeness (QED) is 0.855. The number of nitrogens with zero attached hydrogens (tertiary/aromatic N) is 1. The van der Waals surface area contributed by atoms with E-state index in [9.17, 15) is 9.59 Å². The molecule has 4 nitrogen and oxygen atoms in total. The number of carbonyl (C=O) groups is 2. The fraction of sp³-hybridized carbons (Fsp3) is 0.467. The van der Waals surface area contributed by atoms with Gasteiger partial charge < -0.3 is 10.0 Å². The highest BCUT2D eigenvalue weighted by atomic mass is 16.4. The number of aryl methyl sites for hydroxylation is 2.